The molecular formula is C16H17ClN2O. The maximum absolute atomic E-state index is 11.1. The second-order valence-electron chi connectivity index (χ2n) is 4.78. The van der Waals surface area contributed by atoms with E-state index in [0.717, 1.165) is 21.8 Å². The number of carbonyl (C=O) groups excluding carboxylic acids is 1. The van der Waals surface area contributed by atoms with Crippen LogP contribution in [0.1, 0.15) is 34.5 Å². The molecule has 0 aromatic heterocycles. The molecule has 0 fully saturated rings. The molecule has 3 N–H and O–H groups in total. The van der Waals surface area contributed by atoms with Gasteiger partial charge in [0.2, 0.25) is 5.91 Å². The molecule has 3 nitrogen and oxygen atoms in total. The van der Waals surface area contributed by atoms with Gasteiger partial charge in [-0.2, -0.15) is 0 Å². The van der Waals surface area contributed by atoms with Crippen LogP contribution in [-0.4, -0.2) is 5.91 Å². The average molecular weight is 289 g/mol. The average Bonchev–Trinajstić information content (AvgIpc) is 2.41. The molecule has 0 spiro atoms. The SMILES string of the molecule is Cc1cc(C(N)=O)ccc1NC(C)c1ccccc1Cl. The van der Waals surface area contributed by atoms with Crippen molar-refractivity contribution in [3.05, 3.63) is 64.2 Å². The van der Waals surface area contributed by atoms with Crippen LogP contribution < -0.4 is 11.1 Å². The number of nitrogens with one attached hydrogen (secondary N) is 1. The number of aryl methyl sites for hydroxylation is 1. The van der Waals surface area contributed by atoms with E-state index in [-0.39, 0.29) is 6.04 Å². The smallest absolute Gasteiger partial charge is 0.248 e. The van der Waals surface area contributed by atoms with Crippen LogP contribution in [0, 0.1) is 6.92 Å². The zero-order valence-corrected chi connectivity index (χ0v) is 12.2. The van der Waals surface area contributed by atoms with E-state index in [4.69, 9.17) is 17.3 Å². The Morgan fingerprint density at radius 3 is 2.55 bits per heavy atom. The van der Waals surface area contributed by atoms with E-state index >= 15 is 0 Å². The Morgan fingerprint density at radius 2 is 1.95 bits per heavy atom. The molecule has 20 heavy (non-hydrogen) atoms. The van der Waals surface area contributed by atoms with Crippen LogP contribution in [0.2, 0.25) is 5.02 Å². The summed E-state index contributed by atoms with van der Waals surface area (Å²) < 4.78 is 0. The molecule has 2 aromatic rings. The summed E-state index contributed by atoms with van der Waals surface area (Å²) >= 11 is 6.19. The van der Waals surface area contributed by atoms with E-state index in [9.17, 15) is 4.79 Å². The highest BCUT2D eigenvalue weighted by Crippen LogP contribution is 2.27. The first-order valence-corrected chi connectivity index (χ1v) is 6.78. The van der Waals surface area contributed by atoms with Gasteiger partial charge in [-0.15, -0.1) is 0 Å². The highest BCUT2D eigenvalue weighted by Gasteiger charge is 2.11. The largest absolute Gasteiger partial charge is 0.378 e. The molecule has 0 saturated carbocycles. The van der Waals surface area contributed by atoms with Crippen molar-refractivity contribution in [3.63, 3.8) is 0 Å². The molecular weight excluding hydrogens is 272 g/mol. The summed E-state index contributed by atoms with van der Waals surface area (Å²) in [6.45, 7) is 3.98. The van der Waals surface area contributed by atoms with Crippen molar-refractivity contribution in [2.24, 2.45) is 5.73 Å². The van der Waals surface area contributed by atoms with Gasteiger partial charge in [0.25, 0.3) is 0 Å². The van der Waals surface area contributed by atoms with Crippen molar-refractivity contribution < 1.29 is 4.79 Å². The first kappa shape index (κ1) is 14.4. The lowest BCUT2D eigenvalue weighted by Gasteiger charge is -2.18. The van der Waals surface area contributed by atoms with Crippen molar-refractivity contribution in [1.82, 2.24) is 0 Å². The molecule has 2 aromatic carbocycles. The number of anilines is 1. The Bertz CT molecular complexity index is 640. The van der Waals surface area contributed by atoms with Gasteiger partial charge in [-0.25, -0.2) is 0 Å². The van der Waals surface area contributed by atoms with E-state index in [2.05, 4.69) is 5.32 Å². The fourth-order valence-electron chi connectivity index (χ4n) is 2.12. The van der Waals surface area contributed by atoms with Gasteiger partial charge in [-0.05, 0) is 49.2 Å². The summed E-state index contributed by atoms with van der Waals surface area (Å²) in [4.78, 5) is 11.1. The maximum atomic E-state index is 11.1. The summed E-state index contributed by atoms with van der Waals surface area (Å²) in [6.07, 6.45) is 0. The number of nitrogens with two attached hydrogens (primary N) is 1. The van der Waals surface area contributed by atoms with Gasteiger partial charge in [-0.1, -0.05) is 29.8 Å². The van der Waals surface area contributed by atoms with Crippen LogP contribution in [0.15, 0.2) is 42.5 Å². The van der Waals surface area contributed by atoms with Gasteiger partial charge >= 0.3 is 0 Å². The Hall–Kier alpha value is -2.00. The van der Waals surface area contributed by atoms with Crippen molar-refractivity contribution in [3.8, 4) is 0 Å². The summed E-state index contributed by atoms with van der Waals surface area (Å²) in [5.41, 5.74) is 8.75. The zero-order valence-electron chi connectivity index (χ0n) is 11.5. The van der Waals surface area contributed by atoms with E-state index in [1.54, 1.807) is 12.1 Å². The highest BCUT2D eigenvalue weighted by molar-refractivity contribution is 6.31. The predicted molar refractivity (Wildman–Crippen MR) is 83.2 cm³/mol. The summed E-state index contributed by atoms with van der Waals surface area (Å²) in [5.74, 6) is -0.418. The quantitative estimate of drug-likeness (QED) is 0.896. The molecule has 1 atom stereocenters. The van der Waals surface area contributed by atoms with Crippen LogP contribution in [0.25, 0.3) is 0 Å². The Morgan fingerprint density at radius 1 is 1.25 bits per heavy atom. The number of primary amides is 1. The van der Waals surface area contributed by atoms with Gasteiger partial charge in [0.1, 0.15) is 0 Å². The third kappa shape index (κ3) is 3.11. The van der Waals surface area contributed by atoms with Gasteiger partial charge in [0.15, 0.2) is 0 Å². The first-order valence-electron chi connectivity index (χ1n) is 6.40. The number of hydrogen-bond donors (Lipinski definition) is 2. The van der Waals surface area contributed by atoms with E-state index < -0.39 is 5.91 Å². The second-order valence-corrected chi connectivity index (χ2v) is 5.19. The fraction of sp³-hybridized carbons (Fsp3) is 0.188. The minimum atomic E-state index is -0.418. The summed E-state index contributed by atoms with van der Waals surface area (Å²) in [7, 11) is 0. The minimum absolute atomic E-state index is 0.0711. The van der Waals surface area contributed by atoms with Crippen LogP contribution in [0.5, 0.6) is 0 Å². The molecule has 2 rings (SSSR count). The summed E-state index contributed by atoms with van der Waals surface area (Å²) in [5, 5.41) is 4.13. The number of benzene rings is 2. The summed E-state index contributed by atoms with van der Waals surface area (Å²) in [6, 6.07) is 13.2. The monoisotopic (exact) mass is 288 g/mol. The van der Waals surface area contributed by atoms with Crippen LogP contribution >= 0.6 is 11.6 Å². The molecule has 0 radical (unpaired) electrons. The van der Waals surface area contributed by atoms with E-state index in [1.165, 1.54) is 0 Å². The molecule has 0 aliphatic rings. The van der Waals surface area contributed by atoms with E-state index in [1.807, 2.05) is 44.2 Å². The van der Waals surface area contributed by atoms with Gasteiger partial charge < -0.3 is 11.1 Å². The predicted octanol–water partition coefficient (Wildman–Crippen LogP) is 3.92. The standard InChI is InChI=1S/C16H17ClN2O/c1-10-9-12(16(18)20)7-8-15(10)19-11(2)13-5-3-4-6-14(13)17/h3-9,11,19H,1-2H3,(H2,18,20). The molecule has 0 heterocycles. The number of hydrogen-bond acceptors (Lipinski definition) is 2. The first-order chi connectivity index (χ1) is 9.49. The van der Waals surface area contributed by atoms with Crippen LogP contribution in [0.4, 0.5) is 5.69 Å². The lowest BCUT2D eigenvalue weighted by molar-refractivity contribution is 0.1000. The third-order valence-electron chi connectivity index (χ3n) is 3.25. The van der Waals surface area contributed by atoms with E-state index in [0.29, 0.717) is 5.56 Å². The Balaban J connectivity index is 2.22. The lowest BCUT2D eigenvalue weighted by Crippen LogP contribution is -2.12. The minimum Gasteiger partial charge on any atom is -0.378 e. The lowest BCUT2D eigenvalue weighted by atomic mass is 10.1. The number of halogens is 1. The van der Waals surface area contributed by atoms with Crippen molar-refractivity contribution in [1.29, 1.82) is 0 Å². The normalized spacial score (nSPS) is 11.9. The second kappa shape index (κ2) is 5.97. The molecule has 0 aliphatic heterocycles. The molecule has 0 aliphatic carbocycles. The van der Waals surface area contributed by atoms with Crippen LogP contribution in [0.3, 0.4) is 0 Å². The number of amides is 1. The topological polar surface area (TPSA) is 55.1 Å². The van der Waals surface area contributed by atoms with Crippen molar-refractivity contribution in [2.45, 2.75) is 19.9 Å². The van der Waals surface area contributed by atoms with Gasteiger partial charge in [0, 0.05) is 22.3 Å². The molecule has 1 amide bonds. The Kier molecular flexibility index (Phi) is 4.30. The molecule has 104 valence electrons. The number of rotatable bonds is 4. The van der Waals surface area contributed by atoms with Crippen molar-refractivity contribution >= 4 is 23.2 Å². The van der Waals surface area contributed by atoms with Gasteiger partial charge in [0.05, 0.1) is 0 Å². The third-order valence-corrected chi connectivity index (χ3v) is 3.60. The fourth-order valence-corrected chi connectivity index (χ4v) is 2.42. The van der Waals surface area contributed by atoms with Crippen LogP contribution in [-0.2, 0) is 0 Å². The highest BCUT2D eigenvalue weighted by atomic mass is 35.5. The molecule has 0 bridgehead atoms. The molecule has 0 saturated heterocycles. The molecule has 4 heteroatoms. The maximum Gasteiger partial charge on any atom is 0.248 e. The Labute approximate surface area is 123 Å². The zero-order chi connectivity index (χ0) is 14.7. The molecule has 1 unspecified atom stereocenters. The number of carbonyl (C=O) groups is 1. The van der Waals surface area contributed by atoms with Crippen molar-refractivity contribution in [2.75, 3.05) is 5.32 Å². The van der Waals surface area contributed by atoms with Gasteiger partial charge in [-0.3, -0.25) is 4.79 Å².